The molecule has 0 bridgehead atoms. The number of carbonyl (C=O) groups is 3. The fourth-order valence-electron chi connectivity index (χ4n) is 3.36. The third-order valence-corrected chi connectivity index (χ3v) is 4.41. The van der Waals surface area contributed by atoms with Crippen molar-refractivity contribution in [2.45, 2.75) is 40.0 Å². The van der Waals surface area contributed by atoms with Crippen molar-refractivity contribution in [3.8, 4) is 0 Å². The predicted octanol–water partition coefficient (Wildman–Crippen LogP) is 2.30. The summed E-state index contributed by atoms with van der Waals surface area (Å²) in [6, 6.07) is 6.06. The van der Waals surface area contributed by atoms with Crippen molar-refractivity contribution in [3.05, 3.63) is 35.6 Å². The number of halogens is 1. The van der Waals surface area contributed by atoms with Crippen LogP contribution in [0, 0.1) is 17.2 Å². The summed E-state index contributed by atoms with van der Waals surface area (Å²) in [5.41, 5.74) is 0.194. The molecule has 0 unspecified atom stereocenters. The van der Waals surface area contributed by atoms with Gasteiger partial charge in [0.15, 0.2) is 0 Å². The average Bonchev–Trinajstić information content (AvgIpc) is 2.71. The van der Waals surface area contributed by atoms with E-state index in [-0.39, 0.29) is 36.5 Å². The Bertz CT molecular complexity index is 657. The summed E-state index contributed by atoms with van der Waals surface area (Å²) >= 11 is 0. The summed E-state index contributed by atoms with van der Waals surface area (Å²) in [7, 11) is 0. The van der Waals surface area contributed by atoms with Gasteiger partial charge in [0.1, 0.15) is 12.4 Å². The van der Waals surface area contributed by atoms with Crippen molar-refractivity contribution in [1.82, 2.24) is 10.2 Å². The van der Waals surface area contributed by atoms with Gasteiger partial charge in [-0.3, -0.25) is 19.3 Å². The van der Waals surface area contributed by atoms with E-state index in [1.165, 1.54) is 12.1 Å². The molecule has 1 saturated heterocycles. The first kappa shape index (κ1) is 19.1. The van der Waals surface area contributed by atoms with Gasteiger partial charge in [-0.25, -0.2) is 4.39 Å². The number of carbonyl (C=O) groups excluding carboxylic acids is 3. The highest BCUT2D eigenvalue weighted by molar-refractivity contribution is 6.07. The number of nitrogens with one attached hydrogen (secondary N) is 1. The van der Waals surface area contributed by atoms with Crippen LogP contribution in [-0.4, -0.2) is 35.7 Å². The van der Waals surface area contributed by atoms with E-state index < -0.39 is 5.41 Å². The van der Waals surface area contributed by atoms with Crippen LogP contribution in [0.3, 0.4) is 0 Å². The zero-order valence-electron chi connectivity index (χ0n) is 15.0. The molecule has 0 saturated carbocycles. The lowest BCUT2D eigenvalue weighted by Crippen LogP contribution is -2.42. The number of rotatable bonds is 7. The first-order valence-electron chi connectivity index (χ1n) is 8.57. The highest BCUT2D eigenvalue weighted by Crippen LogP contribution is 2.38. The minimum absolute atomic E-state index is 0.160. The number of nitrogens with zero attached hydrogens (tertiary/aromatic N) is 1. The quantitative estimate of drug-likeness (QED) is 0.769. The number of likely N-dealkylation sites (tertiary alicyclic amines) is 1. The van der Waals surface area contributed by atoms with Crippen LogP contribution >= 0.6 is 0 Å². The molecule has 1 aliphatic heterocycles. The van der Waals surface area contributed by atoms with Crippen molar-refractivity contribution in [1.29, 1.82) is 0 Å². The van der Waals surface area contributed by atoms with Crippen LogP contribution in [0.15, 0.2) is 24.3 Å². The zero-order valence-corrected chi connectivity index (χ0v) is 15.0. The Labute approximate surface area is 147 Å². The van der Waals surface area contributed by atoms with Crippen molar-refractivity contribution < 1.29 is 18.8 Å². The molecule has 1 atom stereocenters. The summed E-state index contributed by atoms with van der Waals surface area (Å²) in [4.78, 5) is 37.8. The first-order valence-corrected chi connectivity index (χ1v) is 8.57. The third-order valence-electron chi connectivity index (χ3n) is 4.41. The Kier molecular flexibility index (Phi) is 5.93. The van der Waals surface area contributed by atoms with Gasteiger partial charge in [-0.05, 0) is 36.5 Å². The number of benzene rings is 1. The van der Waals surface area contributed by atoms with Crippen molar-refractivity contribution in [3.63, 3.8) is 0 Å². The fourth-order valence-corrected chi connectivity index (χ4v) is 3.36. The van der Waals surface area contributed by atoms with E-state index in [4.69, 9.17) is 0 Å². The molecule has 5 nitrogen and oxygen atoms in total. The minimum Gasteiger partial charge on any atom is -0.354 e. The number of hydrogen-bond donors (Lipinski definition) is 1. The van der Waals surface area contributed by atoms with E-state index in [2.05, 4.69) is 5.32 Å². The molecule has 0 radical (unpaired) electrons. The van der Waals surface area contributed by atoms with E-state index in [0.29, 0.717) is 25.3 Å². The molecule has 0 aliphatic carbocycles. The second kappa shape index (κ2) is 7.76. The van der Waals surface area contributed by atoms with Crippen LogP contribution in [0.5, 0.6) is 0 Å². The molecule has 2 rings (SSSR count). The molecule has 3 amide bonds. The highest BCUT2D eigenvalue weighted by atomic mass is 19.1. The van der Waals surface area contributed by atoms with Crippen LogP contribution in [0.2, 0.25) is 0 Å². The van der Waals surface area contributed by atoms with Gasteiger partial charge in [0.2, 0.25) is 17.7 Å². The Balaban J connectivity index is 1.84. The van der Waals surface area contributed by atoms with Crippen LogP contribution in [-0.2, 0) is 20.8 Å². The summed E-state index contributed by atoms with van der Waals surface area (Å²) in [6.45, 7) is 5.93. The maximum atomic E-state index is 12.8. The third kappa shape index (κ3) is 4.87. The Morgan fingerprint density at radius 2 is 1.92 bits per heavy atom. The predicted molar refractivity (Wildman–Crippen MR) is 92.0 cm³/mol. The van der Waals surface area contributed by atoms with Gasteiger partial charge in [-0.1, -0.05) is 32.9 Å². The molecule has 25 heavy (non-hydrogen) atoms. The largest absolute Gasteiger partial charge is 0.354 e. The highest BCUT2D eigenvalue weighted by Gasteiger charge is 2.48. The molecule has 136 valence electrons. The average molecular weight is 348 g/mol. The van der Waals surface area contributed by atoms with Crippen molar-refractivity contribution in [2.24, 2.45) is 11.3 Å². The summed E-state index contributed by atoms with van der Waals surface area (Å²) in [5.74, 6) is -0.922. The Hall–Kier alpha value is -2.24. The molecule has 0 spiro atoms. The second-order valence-corrected chi connectivity index (χ2v) is 7.35. The van der Waals surface area contributed by atoms with Crippen LogP contribution < -0.4 is 5.32 Å². The molecule has 1 aromatic carbocycles. The molecule has 1 aliphatic rings. The van der Waals surface area contributed by atoms with Gasteiger partial charge in [-0.15, -0.1) is 0 Å². The summed E-state index contributed by atoms with van der Waals surface area (Å²) in [5, 5.41) is 2.70. The maximum absolute atomic E-state index is 12.8. The van der Waals surface area contributed by atoms with E-state index in [0.717, 1.165) is 10.5 Å². The van der Waals surface area contributed by atoms with Crippen molar-refractivity contribution in [2.75, 3.05) is 13.1 Å². The summed E-state index contributed by atoms with van der Waals surface area (Å²) in [6.07, 6.45) is 1.34. The molecule has 0 aromatic heterocycles. The molecule has 1 N–H and O–H groups in total. The lowest BCUT2D eigenvalue weighted by molar-refractivity contribution is -0.144. The normalized spacial score (nSPS) is 20.4. The Morgan fingerprint density at radius 1 is 1.28 bits per heavy atom. The molecular weight excluding hydrogens is 323 g/mol. The fraction of sp³-hybridized carbons (Fsp3) is 0.526. The van der Waals surface area contributed by atoms with Gasteiger partial charge >= 0.3 is 0 Å². The van der Waals surface area contributed by atoms with Gasteiger partial charge < -0.3 is 5.32 Å². The molecular formula is C19H25FN2O3. The lowest BCUT2D eigenvalue weighted by atomic mass is 9.80. The monoisotopic (exact) mass is 348 g/mol. The minimum atomic E-state index is -0.709. The van der Waals surface area contributed by atoms with Gasteiger partial charge in [0.05, 0.1) is 5.41 Å². The Morgan fingerprint density at radius 3 is 2.52 bits per heavy atom. The zero-order chi connectivity index (χ0) is 18.6. The number of imide groups is 1. The second-order valence-electron chi connectivity index (χ2n) is 7.35. The smallest absolute Gasteiger partial charge is 0.240 e. The van der Waals surface area contributed by atoms with Gasteiger partial charge in [0.25, 0.3) is 0 Å². The molecule has 6 heteroatoms. The summed E-state index contributed by atoms with van der Waals surface area (Å²) < 4.78 is 12.8. The molecule has 1 fully saturated rings. The van der Waals surface area contributed by atoms with E-state index >= 15 is 0 Å². The maximum Gasteiger partial charge on any atom is 0.240 e. The van der Waals surface area contributed by atoms with E-state index in [1.54, 1.807) is 19.1 Å². The van der Waals surface area contributed by atoms with Crippen molar-refractivity contribution >= 4 is 17.7 Å². The van der Waals surface area contributed by atoms with Gasteiger partial charge in [0, 0.05) is 13.0 Å². The molecule has 1 aromatic rings. The number of hydrogen-bond acceptors (Lipinski definition) is 3. The van der Waals surface area contributed by atoms with E-state index in [9.17, 15) is 18.8 Å². The molecule has 1 heterocycles. The topological polar surface area (TPSA) is 66.5 Å². The SMILES string of the molecule is CC(C)C[C@]1(C)CC(=O)N(CC(=O)NCCc2ccc(F)cc2)C1=O. The van der Waals surface area contributed by atoms with E-state index in [1.807, 2.05) is 13.8 Å². The lowest BCUT2D eigenvalue weighted by Gasteiger charge is -2.23. The standard InChI is InChI=1S/C19H25FN2O3/c1-13(2)10-19(3)11-17(24)22(18(19)25)12-16(23)21-9-8-14-4-6-15(20)7-5-14/h4-7,13H,8-12H2,1-3H3,(H,21,23)/t19-/m1/s1. The number of amides is 3. The van der Waals surface area contributed by atoms with Crippen LogP contribution in [0.1, 0.15) is 39.2 Å². The van der Waals surface area contributed by atoms with Crippen LogP contribution in [0.25, 0.3) is 0 Å². The first-order chi connectivity index (χ1) is 11.7. The van der Waals surface area contributed by atoms with Crippen LogP contribution in [0.4, 0.5) is 4.39 Å². The van der Waals surface area contributed by atoms with Gasteiger partial charge in [-0.2, -0.15) is 0 Å².